The van der Waals surface area contributed by atoms with E-state index in [1.54, 1.807) is 0 Å². The molecule has 0 bridgehead atoms. The summed E-state index contributed by atoms with van der Waals surface area (Å²) in [7, 11) is -1.72. The third kappa shape index (κ3) is 3.71. The van der Waals surface area contributed by atoms with Crippen LogP contribution >= 0.6 is 11.3 Å². The Hall–Kier alpha value is -1.21. The first-order valence-corrected chi connectivity index (χ1v) is 9.11. The molecule has 0 saturated carbocycles. The lowest BCUT2D eigenvalue weighted by atomic mass is 10.1. The summed E-state index contributed by atoms with van der Waals surface area (Å²) in [5.74, 6) is 0. The van der Waals surface area contributed by atoms with Gasteiger partial charge >= 0.3 is 0 Å². The van der Waals surface area contributed by atoms with Crippen LogP contribution in [-0.2, 0) is 16.6 Å². The van der Waals surface area contributed by atoms with Crippen LogP contribution in [0.25, 0.3) is 0 Å². The molecular weight excluding hydrogens is 304 g/mol. The molecule has 2 aromatic rings. The Morgan fingerprint density at radius 2 is 1.90 bits per heavy atom. The Kier molecular flexibility index (Phi) is 5.16. The summed E-state index contributed by atoms with van der Waals surface area (Å²) in [6, 6.07) is 9.30. The summed E-state index contributed by atoms with van der Waals surface area (Å²) < 4.78 is 28.1. The maximum Gasteiger partial charge on any atom is 0.242 e. The molecule has 0 spiro atoms. The van der Waals surface area contributed by atoms with Crippen molar-refractivity contribution >= 4 is 21.4 Å². The predicted molar refractivity (Wildman–Crippen MR) is 87.0 cm³/mol. The maximum atomic E-state index is 12.7. The van der Waals surface area contributed by atoms with E-state index >= 15 is 0 Å². The highest BCUT2D eigenvalue weighted by molar-refractivity contribution is 7.89. The Morgan fingerprint density at radius 1 is 1.24 bits per heavy atom. The van der Waals surface area contributed by atoms with Gasteiger partial charge in [0.1, 0.15) is 4.90 Å². The standard InChI is InChI=1S/C15H20N2O2S2/c1-11-10-20-14(9-16-3)15(11)21(18,19)17-12(2)13-7-5-4-6-8-13/h4-8,10,12,16-17H,9H2,1-3H3. The lowest BCUT2D eigenvalue weighted by Gasteiger charge is -2.15. The van der Waals surface area contributed by atoms with Crippen molar-refractivity contribution in [2.75, 3.05) is 7.05 Å². The second-order valence-corrected chi connectivity index (χ2v) is 7.57. The molecule has 0 radical (unpaired) electrons. The van der Waals surface area contributed by atoms with E-state index in [4.69, 9.17) is 0 Å². The number of thiophene rings is 1. The molecule has 2 N–H and O–H groups in total. The van der Waals surface area contributed by atoms with E-state index in [0.717, 1.165) is 16.0 Å². The molecule has 6 heteroatoms. The minimum Gasteiger partial charge on any atom is -0.315 e. The highest BCUT2D eigenvalue weighted by atomic mass is 32.2. The van der Waals surface area contributed by atoms with Crippen LogP contribution in [0.5, 0.6) is 0 Å². The highest BCUT2D eigenvalue weighted by Crippen LogP contribution is 2.28. The Labute approximate surface area is 130 Å². The van der Waals surface area contributed by atoms with E-state index in [2.05, 4.69) is 10.0 Å². The van der Waals surface area contributed by atoms with Gasteiger partial charge in [-0.3, -0.25) is 0 Å². The average Bonchev–Trinajstić information content (AvgIpc) is 2.81. The van der Waals surface area contributed by atoms with Crippen LogP contribution in [0, 0.1) is 6.92 Å². The van der Waals surface area contributed by atoms with Crippen molar-refractivity contribution in [3.05, 3.63) is 51.7 Å². The van der Waals surface area contributed by atoms with Gasteiger partial charge < -0.3 is 5.32 Å². The molecule has 0 aliphatic carbocycles. The number of aryl methyl sites for hydroxylation is 1. The van der Waals surface area contributed by atoms with Gasteiger partial charge in [0, 0.05) is 17.5 Å². The fraction of sp³-hybridized carbons (Fsp3) is 0.333. The van der Waals surface area contributed by atoms with E-state index in [0.29, 0.717) is 11.4 Å². The quantitative estimate of drug-likeness (QED) is 0.859. The molecule has 114 valence electrons. The number of hydrogen-bond donors (Lipinski definition) is 2. The van der Waals surface area contributed by atoms with E-state index in [-0.39, 0.29) is 6.04 Å². The first-order valence-electron chi connectivity index (χ1n) is 6.74. The van der Waals surface area contributed by atoms with Crippen molar-refractivity contribution < 1.29 is 8.42 Å². The molecule has 0 amide bonds. The average molecular weight is 324 g/mol. The van der Waals surface area contributed by atoms with Crippen molar-refractivity contribution in [3.63, 3.8) is 0 Å². The third-order valence-electron chi connectivity index (χ3n) is 3.23. The molecule has 1 atom stereocenters. The molecule has 0 aliphatic heterocycles. The summed E-state index contributed by atoms with van der Waals surface area (Å²) >= 11 is 1.47. The second kappa shape index (κ2) is 6.70. The van der Waals surface area contributed by atoms with Crippen LogP contribution in [0.1, 0.15) is 29.0 Å². The summed E-state index contributed by atoms with van der Waals surface area (Å²) in [5.41, 5.74) is 1.74. The topological polar surface area (TPSA) is 58.2 Å². The van der Waals surface area contributed by atoms with Crippen LogP contribution < -0.4 is 10.0 Å². The van der Waals surface area contributed by atoms with Gasteiger partial charge in [0.2, 0.25) is 10.0 Å². The Balaban J connectivity index is 2.29. The van der Waals surface area contributed by atoms with Gasteiger partial charge in [-0.25, -0.2) is 13.1 Å². The fourth-order valence-electron chi connectivity index (χ4n) is 2.23. The molecule has 0 saturated heterocycles. The zero-order chi connectivity index (χ0) is 15.5. The van der Waals surface area contributed by atoms with E-state index in [9.17, 15) is 8.42 Å². The van der Waals surface area contributed by atoms with Crippen LogP contribution in [0.4, 0.5) is 0 Å². The molecule has 4 nitrogen and oxygen atoms in total. The van der Waals surface area contributed by atoms with E-state index in [1.165, 1.54) is 11.3 Å². The van der Waals surface area contributed by atoms with Gasteiger partial charge in [0.05, 0.1) is 0 Å². The first-order chi connectivity index (χ1) is 9.95. The zero-order valence-corrected chi connectivity index (χ0v) is 14.0. The van der Waals surface area contributed by atoms with Crippen molar-refractivity contribution in [3.8, 4) is 0 Å². The monoisotopic (exact) mass is 324 g/mol. The molecule has 1 heterocycles. The number of rotatable bonds is 6. The highest BCUT2D eigenvalue weighted by Gasteiger charge is 2.24. The molecule has 0 aliphatic rings. The normalized spacial score (nSPS) is 13.3. The maximum absolute atomic E-state index is 12.7. The van der Waals surface area contributed by atoms with Crippen molar-refractivity contribution in [2.24, 2.45) is 0 Å². The molecule has 1 aromatic carbocycles. The van der Waals surface area contributed by atoms with Gasteiger partial charge in [0.25, 0.3) is 0 Å². The summed E-state index contributed by atoms with van der Waals surface area (Å²) in [5, 5.41) is 4.90. The lowest BCUT2D eigenvalue weighted by molar-refractivity contribution is 0.565. The van der Waals surface area contributed by atoms with Gasteiger partial charge in [0.15, 0.2) is 0 Å². The molecule has 2 rings (SSSR count). The molecule has 1 unspecified atom stereocenters. The molecule has 0 fully saturated rings. The van der Waals surface area contributed by atoms with Gasteiger partial charge in [-0.15, -0.1) is 11.3 Å². The summed E-state index contributed by atoms with van der Waals surface area (Å²) in [6.45, 7) is 4.23. The van der Waals surface area contributed by atoms with Crippen LogP contribution in [0.15, 0.2) is 40.6 Å². The molecule has 21 heavy (non-hydrogen) atoms. The number of benzene rings is 1. The molecular formula is C15H20N2O2S2. The zero-order valence-electron chi connectivity index (χ0n) is 12.4. The minimum atomic E-state index is -3.53. The Morgan fingerprint density at radius 3 is 2.52 bits per heavy atom. The smallest absolute Gasteiger partial charge is 0.242 e. The van der Waals surface area contributed by atoms with Crippen LogP contribution in [0.2, 0.25) is 0 Å². The van der Waals surface area contributed by atoms with Crippen molar-refractivity contribution in [1.82, 2.24) is 10.0 Å². The summed E-state index contributed by atoms with van der Waals surface area (Å²) in [6.07, 6.45) is 0. The summed E-state index contributed by atoms with van der Waals surface area (Å²) in [4.78, 5) is 1.24. The van der Waals surface area contributed by atoms with E-state index < -0.39 is 10.0 Å². The third-order valence-corrected chi connectivity index (χ3v) is 6.23. The Bertz CT molecular complexity index is 694. The van der Waals surface area contributed by atoms with Gasteiger partial charge in [-0.1, -0.05) is 30.3 Å². The van der Waals surface area contributed by atoms with Gasteiger partial charge in [-0.05, 0) is 37.4 Å². The fourth-order valence-corrected chi connectivity index (χ4v) is 5.29. The minimum absolute atomic E-state index is 0.266. The second-order valence-electron chi connectivity index (χ2n) is 4.96. The van der Waals surface area contributed by atoms with Gasteiger partial charge in [-0.2, -0.15) is 0 Å². The number of nitrogens with one attached hydrogen (secondary N) is 2. The molecule has 1 aromatic heterocycles. The van der Waals surface area contributed by atoms with Crippen LogP contribution in [0.3, 0.4) is 0 Å². The van der Waals surface area contributed by atoms with Crippen molar-refractivity contribution in [1.29, 1.82) is 0 Å². The first kappa shape index (κ1) is 16.2. The van der Waals surface area contributed by atoms with Crippen molar-refractivity contribution in [2.45, 2.75) is 31.3 Å². The largest absolute Gasteiger partial charge is 0.315 e. The van der Waals surface area contributed by atoms with E-state index in [1.807, 2.05) is 56.6 Å². The lowest BCUT2D eigenvalue weighted by Crippen LogP contribution is -2.28. The van der Waals surface area contributed by atoms with Crippen LogP contribution in [-0.4, -0.2) is 15.5 Å². The SMILES string of the molecule is CNCc1scc(C)c1S(=O)(=O)NC(C)c1ccccc1. The number of hydrogen-bond acceptors (Lipinski definition) is 4. The predicted octanol–water partition coefficient (Wildman–Crippen LogP) is 2.82. The number of sulfonamides is 1.